The molecule has 1 aromatic heterocycles. The van der Waals surface area contributed by atoms with Gasteiger partial charge in [0.05, 0.1) is 33.8 Å². The van der Waals surface area contributed by atoms with E-state index in [1.807, 2.05) is 12.1 Å². The summed E-state index contributed by atoms with van der Waals surface area (Å²) in [6.45, 7) is 0. The molecule has 32 heavy (non-hydrogen) atoms. The SMILES string of the molecule is COc1cc(C(=O)Nc2nc3n(n2)[C@H](c2ccc(Cl)cc2)CC(=O)N3)cc(OC)c1OC. The highest BCUT2D eigenvalue weighted by molar-refractivity contribution is 6.30. The average Bonchev–Trinajstić information content (AvgIpc) is 3.19. The standard InChI is InChI=1S/C21H20ClN5O5/c1-30-15-8-12(9-16(31-2)18(15)32-3)19(29)24-20-25-21-23-17(28)10-14(27(21)26-20)11-4-6-13(22)7-5-11/h4-9,14H,10H2,1-3H3,(H2,23,24,25,26,28,29)/t14-/m0/s1. The third-order valence-corrected chi connectivity index (χ3v) is 5.22. The first kappa shape index (κ1) is 21.4. The van der Waals surface area contributed by atoms with Crippen molar-refractivity contribution < 1.29 is 23.8 Å². The zero-order valence-corrected chi connectivity index (χ0v) is 18.3. The van der Waals surface area contributed by atoms with E-state index >= 15 is 0 Å². The maximum atomic E-state index is 12.9. The molecule has 2 amide bonds. The van der Waals surface area contributed by atoms with Crippen LogP contribution in [0.5, 0.6) is 17.2 Å². The second kappa shape index (κ2) is 8.75. The first-order valence-corrected chi connectivity index (χ1v) is 9.94. The fraction of sp³-hybridized carbons (Fsp3) is 0.238. The fourth-order valence-electron chi connectivity index (χ4n) is 3.45. The molecular formula is C21H20ClN5O5. The number of methoxy groups -OCH3 is 3. The molecule has 0 unspecified atom stereocenters. The van der Waals surface area contributed by atoms with Gasteiger partial charge >= 0.3 is 0 Å². The van der Waals surface area contributed by atoms with Gasteiger partial charge in [-0.25, -0.2) is 4.68 Å². The molecule has 1 atom stereocenters. The second-order valence-electron chi connectivity index (χ2n) is 6.89. The van der Waals surface area contributed by atoms with Gasteiger partial charge in [-0.15, -0.1) is 5.10 Å². The van der Waals surface area contributed by atoms with E-state index in [0.717, 1.165) is 5.56 Å². The van der Waals surface area contributed by atoms with Gasteiger partial charge in [0, 0.05) is 10.6 Å². The van der Waals surface area contributed by atoms with E-state index < -0.39 is 5.91 Å². The lowest BCUT2D eigenvalue weighted by atomic mass is 10.0. The Morgan fingerprint density at radius 3 is 2.38 bits per heavy atom. The Labute approximate surface area is 188 Å². The van der Waals surface area contributed by atoms with Gasteiger partial charge in [0.25, 0.3) is 11.9 Å². The number of fused-ring (bicyclic) bond motifs is 1. The number of rotatable bonds is 6. The van der Waals surface area contributed by atoms with Crippen molar-refractivity contribution >= 4 is 35.3 Å². The molecule has 0 radical (unpaired) electrons. The smallest absolute Gasteiger partial charge is 0.258 e. The van der Waals surface area contributed by atoms with Crippen molar-refractivity contribution in [3.05, 3.63) is 52.5 Å². The lowest BCUT2D eigenvalue weighted by Crippen LogP contribution is -2.29. The molecule has 1 aliphatic rings. The molecule has 0 saturated heterocycles. The molecule has 166 valence electrons. The minimum absolute atomic E-state index is 0.0416. The summed E-state index contributed by atoms with van der Waals surface area (Å²) in [5.74, 6) is 0.638. The number of carbonyl (C=O) groups excluding carboxylic acids is 2. The molecule has 0 spiro atoms. The molecule has 2 aromatic carbocycles. The Bertz CT molecular complexity index is 1150. The van der Waals surface area contributed by atoms with Gasteiger partial charge in [0.15, 0.2) is 11.5 Å². The maximum Gasteiger partial charge on any atom is 0.258 e. The van der Waals surface area contributed by atoms with E-state index in [9.17, 15) is 9.59 Å². The van der Waals surface area contributed by atoms with Crippen LogP contribution in [0.2, 0.25) is 5.02 Å². The van der Waals surface area contributed by atoms with Crippen LogP contribution in [-0.4, -0.2) is 47.9 Å². The van der Waals surface area contributed by atoms with E-state index in [2.05, 4.69) is 20.7 Å². The van der Waals surface area contributed by atoms with Crippen molar-refractivity contribution in [3.8, 4) is 17.2 Å². The number of hydrogen-bond donors (Lipinski definition) is 2. The second-order valence-corrected chi connectivity index (χ2v) is 7.33. The zero-order chi connectivity index (χ0) is 22.8. The van der Waals surface area contributed by atoms with Gasteiger partial charge in [-0.05, 0) is 29.8 Å². The molecular weight excluding hydrogens is 438 g/mol. The van der Waals surface area contributed by atoms with Crippen molar-refractivity contribution in [2.75, 3.05) is 32.0 Å². The van der Waals surface area contributed by atoms with Crippen molar-refractivity contribution in [1.82, 2.24) is 14.8 Å². The van der Waals surface area contributed by atoms with E-state index in [0.29, 0.717) is 22.3 Å². The first-order valence-electron chi connectivity index (χ1n) is 9.56. The first-order chi connectivity index (χ1) is 15.4. The molecule has 0 aliphatic carbocycles. The minimum atomic E-state index is -0.485. The van der Waals surface area contributed by atoms with Gasteiger partial charge in [-0.3, -0.25) is 20.2 Å². The summed E-state index contributed by atoms with van der Waals surface area (Å²) in [6, 6.07) is 9.79. The van der Waals surface area contributed by atoms with Gasteiger partial charge in [-0.2, -0.15) is 4.98 Å². The van der Waals surface area contributed by atoms with Crippen LogP contribution in [0, 0.1) is 0 Å². The predicted molar refractivity (Wildman–Crippen MR) is 117 cm³/mol. The normalized spacial score (nSPS) is 14.9. The van der Waals surface area contributed by atoms with Crippen LogP contribution in [0.4, 0.5) is 11.9 Å². The summed E-state index contributed by atoms with van der Waals surface area (Å²) in [6.07, 6.45) is 0.179. The van der Waals surface area contributed by atoms with Crippen LogP contribution in [0.15, 0.2) is 36.4 Å². The zero-order valence-electron chi connectivity index (χ0n) is 17.5. The largest absolute Gasteiger partial charge is 0.493 e. The van der Waals surface area contributed by atoms with Crippen molar-refractivity contribution in [3.63, 3.8) is 0 Å². The van der Waals surface area contributed by atoms with E-state index in [4.69, 9.17) is 25.8 Å². The quantitative estimate of drug-likeness (QED) is 0.584. The molecule has 10 nitrogen and oxygen atoms in total. The number of anilines is 2. The maximum absolute atomic E-state index is 12.9. The van der Waals surface area contributed by atoms with Crippen molar-refractivity contribution in [2.45, 2.75) is 12.5 Å². The topological polar surface area (TPSA) is 117 Å². The molecule has 0 saturated carbocycles. The molecule has 2 heterocycles. The molecule has 0 fully saturated rings. The van der Waals surface area contributed by atoms with E-state index in [-0.39, 0.29) is 35.8 Å². The van der Waals surface area contributed by atoms with Crippen LogP contribution in [0.25, 0.3) is 0 Å². The minimum Gasteiger partial charge on any atom is -0.493 e. The van der Waals surface area contributed by atoms with Crippen LogP contribution in [0.3, 0.4) is 0 Å². The van der Waals surface area contributed by atoms with Gasteiger partial charge < -0.3 is 14.2 Å². The Balaban J connectivity index is 1.63. The number of hydrogen-bond acceptors (Lipinski definition) is 7. The summed E-state index contributed by atoms with van der Waals surface area (Å²) in [7, 11) is 4.40. The van der Waals surface area contributed by atoms with Crippen LogP contribution in [-0.2, 0) is 4.79 Å². The third kappa shape index (κ3) is 4.04. The number of aromatic nitrogens is 3. The van der Waals surface area contributed by atoms with Crippen LogP contribution in [0.1, 0.15) is 28.4 Å². The van der Waals surface area contributed by atoms with Gasteiger partial charge in [-0.1, -0.05) is 23.7 Å². The predicted octanol–water partition coefficient (Wildman–Crippen LogP) is 3.14. The Morgan fingerprint density at radius 2 is 1.78 bits per heavy atom. The van der Waals surface area contributed by atoms with E-state index in [1.165, 1.54) is 33.5 Å². The monoisotopic (exact) mass is 457 g/mol. The molecule has 4 rings (SSSR count). The summed E-state index contributed by atoms with van der Waals surface area (Å²) < 4.78 is 17.4. The van der Waals surface area contributed by atoms with Gasteiger partial charge in [0.2, 0.25) is 17.6 Å². The number of nitrogens with zero attached hydrogens (tertiary/aromatic N) is 3. The summed E-state index contributed by atoms with van der Waals surface area (Å²) in [4.78, 5) is 29.3. The number of benzene rings is 2. The lowest BCUT2D eigenvalue weighted by molar-refractivity contribution is -0.117. The molecule has 1 aliphatic heterocycles. The lowest BCUT2D eigenvalue weighted by Gasteiger charge is -2.23. The van der Waals surface area contributed by atoms with Crippen molar-refractivity contribution in [2.24, 2.45) is 0 Å². The van der Waals surface area contributed by atoms with Crippen molar-refractivity contribution in [1.29, 1.82) is 0 Å². The Hall–Kier alpha value is -3.79. The van der Waals surface area contributed by atoms with Crippen LogP contribution >= 0.6 is 11.6 Å². The Kier molecular flexibility index (Phi) is 5.87. The molecule has 11 heteroatoms. The van der Waals surface area contributed by atoms with E-state index in [1.54, 1.807) is 16.8 Å². The number of amides is 2. The molecule has 0 bridgehead atoms. The summed E-state index contributed by atoms with van der Waals surface area (Å²) in [5.41, 5.74) is 1.10. The highest BCUT2D eigenvalue weighted by Crippen LogP contribution is 2.38. The summed E-state index contributed by atoms with van der Waals surface area (Å²) in [5, 5.41) is 10.3. The third-order valence-electron chi connectivity index (χ3n) is 4.96. The molecule has 3 aromatic rings. The highest BCUT2D eigenvalue weighted by Gasteiger charge is 2.29. The number of halogens is 1. The number of carbonyl (C=O) groups is 2. The number of ether oxygens (including phenoxy) is 3. The average molecular weight is 458 g/mol. The Morgan fingerprint density at radius 1 is 1.12 bits per heavy atom. The molecule has 2 N–H and O–H groups in total. The van der Waals surface area contributed by atoms with Crippen LogP contribution < -0.4 is 24.8 Å². The summed E-state index contributed by atoms with van der Waals surface area (Å²) >= 11 is 5.97. The van der Waals surface area contributed by atoms with Gasteiger partial charge in [0.1, 0.15) is 0 Å². The fourth-order valence-corrected chi connectivity index (χ4v) is 3.57. The number of nitrogens with one attached hydrogen (secondary N) is 2. The highest BCUT2D eigenvalue weighted by atomic mass is 35.5.